The first-order chi connectivity index (χ1) is 10.3. The molecule has 1 N–H and O–H groups in total. The molecule has 3 rings (SSSR count). The molecule has 2 aromatic rings. The Morgan fingerprint density at radius 1 is 1.00 bits per heavy atom. The molecular formula is C19H23NO. The summed E-state index contributed by atoms with van der Waals surface area (Å²) in [5.74, 6) is 0. The van der Waals surface area contributed by atoms with E-state index in [1.165, 1.54) is 11.1 Å². The van der Waals surface area contributed by atoms with Gasteiger partial charge in [-0.1, -0.05) is 60.7 Å². The molecular weight excluding hydrogens is 258 g/mol. The van der Waals surface area contributed by atoms with Crippen molar-refractivity contribution in [2.75, 3.05) is 6.61 Å². The molecule has 1 saturated heterocycles. The Bertz CT molecular complexity index is 540. The van der Waals surface area contributed by atoms with Crippen LogP contribution in [0.5, 0.6) is 0 Å². The first-order valence-corrected chi connectivity index (χ1v) is 7.79. The van der Waals surface area contributed by atoms with Gasteiger partial charge in [-0.05, 0) is 24.5 Å². The Hall–Kier alpha value is -1.64. The number of ether oxygens (including phenoxy) is 1. The summed E-state index contributed by atoms with van der Waals surface area (Å²) in [6, 6.07) is 22.0. The van der Waals surface area contributed by atoms with E-state index in [4.69, 9.17) is 4.74 Å². The molecule has 0 saturated carbocycles. The van der Waals surface area contributed by atoms with Crippen LogP contribution < -0.4 is 5.32 Å². The normalized spacial score (nSPS) is 26.2. The van der Waals surface area contributed by atoms with Crippen molar-refractivity contribution in [2.45, 2.75) is 38.0 Å². The molecule has 21 heavy (non-hydrogen) atoms. The highest BCUT2D eigenvalue weighted by atomic mass is 16.5. The lowest BCUT2D eigenvalue weighted by molar-refractivity contribution is 0.0429. The van der Waals surface area contributed by atoms with Gasteiger partial charge in [0.05, 0.1) is 12.1 Å². The average Bonchev–Trinajstić information content (AvgIpc) is 2.71. The number of hydrogen-bond acceptors (Lipinski definition) is 2. The molecule has 0 radical (unpaired) electrons. The summed E-state index contributed by atoms with van der Waals surface area (Å²) < 4.78 is 6.18. The van der Waals surface area contributed by atoms with Crippen molar-refractivity contribution in [2.24, 2.45) is 0 Å². The fourth-order valence-corrected chi connectivity index (χ4v) is 2.98. The maximum absolute atomic E-state index is 6.18. The van der Waals surface area contributed by atoms with E-state index in [1.807, 2.05) is 0 Å². The van der Waals surface area contributed by atoms with Crippen molar-refractivity contribution in [3.05, 3.63) is 71.8 Å². The van der Waals surface area contributed by atoms with Gasteiger partial charge >= 0.3 is 0 Å². The molecule has 1 heterocycles. The van der Waals surface area contributed by atoms with Crippen molar-refractivity contribution < 1.29 is 4.74 Å². The average molecular weight is 281 g/mol. The standard InChI is InChI=1S/C19H23NO/c1-15-12-13-21-18(14-16-8-4-2-5-9-16)19(20-15)17-10-6-3-7-11-17/h2-11,15,18-20H,12-14H2,1H3. The van der Waals surface area contributed by atoms with Crippen LogP contribution in [0.25, 0.3) is 0 Å². The molecule has 1 aliphatic heterocycles. The summed E-state index contributed by atoms with van der Waals surface area (Å²) >= 11 is 0. The van der Waals surface area contributed by atoms with Crippen molar-refractivity contribution >= 4 is 0 Å². The Balaban J connectivity index is 1.84. The van der Waals surface area contributed by atoms with E-state index in [9.17, 15) is 0 Å². The molecule has 0 amide bonds. The Morgan fingerprint density at radius 2 is 1.67 bits per heavy atom. The highest BCUT2D eigenvalue weighted by molar-refractivity contribution is 5.23. The second-order valence-electron chi connectivity index (χ2n) is 5.84. The van der Waals surface area contributed by atoms with Gasteiger partial charge in [-0.3, -0.25) is 0 Å². The first-order valence-electron chi connectivity index (χ1n) is 7.79. The minimum Gasteiger partial charge on any atom is -0.376 e. The zero-order valence-electron chi connectivity index (χ0n) is 12.5. The molecule has 1 fully saturated rings. The van der Waals surface area contributed by atoms with Crippen molar-refractivity contribution in [3.63, 3.8) is 0 Å². The van der Waals surface area contributed by atoms with Crippen molar-refractivity contribution in [1.29, 1.82) is 0 Å². The lowest BCUT2D eigenvalue weighted by Crippen LogP contribution is -2.36. The van der Waals surface area contributed by atoms with E-state index in [-0.39, 0.29) is 12.1 Å². The minimum atomic E-state index is 0.180. The van der Waals surface area contributed by atoms with Gasteiger partial charge in [0.2, 0.25) is 0 Å². The lowest BCUT2D eigenvalue weighted by atomic mass is 9.95. The number of benzene rings is 2. The summed E-state index contributed by atoms with van der Waals surface area (Å²) in [5.41, 5.74) is 2.65. The number of hydrogen-bond donors (Lipinski definition) is 1. The quantitative estimate of drug-likeness (QED) is 0.925. The fraction of sp³-hybridized carbons (Fsp3) is 0.368. The Morgan fingerprint density at radius 3 is 2.38 bits per heavy atom. The molecule has 3 atom stereocenters. The van der Waals surface area contributed by atoms with Gasteiger partial charge < -0.3 is 10.1 Å². The smallest absolute Gasteiger partial charge is 0.0810 e. The molecule has 2 heteroatoms. The van der Waals surface area contributed by atoms with Crippen LogP contribution in [0.4, 0.5) is 0 Å². The topological polar surface area (TPSA) is 21.3 Å². The van der Waals surface area contributed by atoms with Gasteiger partial charge in [0.25, 0.3) is 0 Å². The van der Waals surface area contributed by atoms with Crippen LogP contribution in [0.15, 0.2) is 60.7 Å². The van der Waals surface area contributed by atoms with E-state index < -0.39 is 0 Å². The van der Waals surface area contributed by atoms with Crippen LogP contribution >= 0.6 is 0 Å². The Labute approximate surface area is 127 Å². The van der Waals surface area contributed by atoms with E-state index >= 15 is 0 Å². The fourth-order valence-electron chi connectivity index (χ4n) is 2.98. The van der Waals surface area contributed by atoms with Crippen LogP contribution in [-0.2, 0) is 11.2 Å². The molecule has 0 aliphatic carbocycles. The van der Waals surface area contributed by atoms with Gasteiger partial charge in [-0.25, -0.2) is 0 Å². The monoisotopic (exact) mass is 281 g/mol. The Kier molecular flexibility index (Phi) is 4.69. The summed E-state index contributed by atoms with van der Waals surface area (Å²) in [5, 5.41) is 3.74. The van der Waals surface area contributed by atoms with Gasteiger partial charge in [-0.15, -0.1) is 0 Å². The van der Waals surface area contributed by atoms with Crippen LogP contribution in [0, 0.1) is 0 Å². The van der Waals surface area contributed by atoms with E-state index in [0.29, 0.717) is 6.04 Å². The largest absolute Gasteiger partial charge is 0.376 e. The third-order valence-electron chi connectivity index (χ3n) is 4.16. The molecule has 0 bridgehead atoms. The summed E-state index contributed by atoms with van der Waals surface area (Å²) in [6.45, 7) is 3.07. The van der Waals surface area contributed by atoms with Crippen molar-refractivity contribution in [3.8, 4) is 0 Å². The second kappa shape index (κ2) is 6.88. The SMILES string of the molecule is CC1CCOC(Cc2ccccc2)C(c2ccccc2)N1. The zero-order valence-corrected chi connectivity index (χ0v) is 12.5. The maximum Gasteiger partial charge on any atom is 0.0810 e. The number of rotatable bonds is 3. The van der Waals surface area contributed by atoms with Crippen LogP contribution in [0.1, 0.15) is 30.5 Å². The molecule has 110 valence electrons. The second-order valence-corrected chi connectivity index (χ2v) is 5.84. The third-order valence-corrected chi connectivity index (χ3v) is 4.16. The summed E-state index contributed by atoms with van der Waals surface area (Å²) in [6.07, 6.45) is 2.19. The van der Waals surface area contributed by atoms with Gasteiger partial charge in [0.1, 0.15) is 0 Å². The van der Waals surface area contributed by atoms with Crippen LogP contribution in [-0.4, -0.2) is 18.8 Å². The molecule has 2 nitrogen and oxygen atoms in total. The number of nitrogens with one attached hydrogen (secondary N) is 1. The third kappa shape index (κ3) is 3.72. The van der Waals surface area contributed by atoms with E-state index in [2.05, 4.69) is 72.9 Å². The highest BCUT2D eigenvalue weighted by Gasteiger charge is 2.28. The highest BCUT2D eigenvalue weighted by Crippen LogP contribution is 2.26. The van der Waals surface area contributed by atoms with Gasteiger partial charge in [-0.2, -0.15) is 0 Å². The first kappa shape index (κ1) is 14.3. The van der Waals surface area contributed by atoms with Gasteiger partial charge in [0, 0.05) is 19.1 Å². The maximum atomic E-state index is 6.18. The van der Waals surface area contributed by atoms with E-state index in [1.54, 1.807) is 0 Å². The predicted octanol–water partition coefficient (Wildman–Crippen LogP) is 3.74. The zero-order chi connectivity index (χ0) is 14.5. The van der Waals surface area contributed by atoms with E-state index in [0.717, 1.165) is 19.4 Å². The predicted molar refractivity (Wildman–Crippen MR) is 86.3 cm³/mol. The van der Waals surface area contributed by atoms with Crippen molar-refractivity contribution in [1.82, 2.24) is 5.32 Å². The summed E-state index contributed by atoms with van der Waals surface area (Å²) in [7, 11) is 0. The minimum absolute atomic E-state index is 0.180. The lowest BCUT2D eigenvalue weighted by Gasteiger charge is -2.27. The molecule has 1 aliphatic rings. The van der Waals surface area contributed by atoms with Crippen LogP contribution in [0.2, 0.25) is 0 Å². The molecule has 0 aromatic heterocycles. The van der Waals surface area contributed by atoms with Gasteiger partial charge in [0.15, 0.2) is 0 Å². The molecule has 0 spiro atoms. The summed E-state index contributed by atoms with van der Waals surface area (Å²) in [4.78, 5) is 0. The molecule has 2 aromatic carbocycles. The van der Waals surface area contributed by atoms with Crippen LogP contribution in [0.3, 0.4) is 0 Å². The molecule has 3 unspecified atom stereocenters.